The lowest BCUT2D eigenvalue weighted by atomic mass is 10.1. The molecule has 0 fully saturated rings. The van der Waals surface area contributed by atoms with Crippen LogP contribution in [0.3, 0.4) is 0 Å². The summed E-state index contributed by atoms with van der Waals surface area (Å²) in [7, 11) is 0. The normalized spacial score (nSPS) is 10.3. The molecule has 2 N–H and O–H groups in total. The summed E-state index contributed by atoms with van der Waals surface area (Å²) in [6.07, 6.45) is 0. The third-order valence-electron chi connectivity index (χ3n) is 2.84. The number of benzene rings is 1. The molecule has 94 valence electrons. The number of hydrogen-bond acceptors (Lipinski definition) is 3. The van der Waals surface area contributed by atoms with Gasteiger partial charge in [0.25, 0.3) is 0 Å². The minimum absolute atomic E-state index is 0.322. The SMILES string of the molecule is Cc1ccc(NCc2cscc2C)c(C(=O)O)c1. The molecule has 0 bridgehead atoms. The first-order chi connectivity index (χ1) is 8.58. The minimum Gasteiger partial charge on any atom is -0.478 e. The fourth-order valence-electron chi connectivity index (χ4n) is 1.75. The molecule has 0 aliphatic rings. The zero-order chi connectivity index (χ0) is 13.1. The summed E-state index contributed by atoms with van der Waals surface area (Å²) < 4.78 is 0. The van der Waals surface area contributed by atoms with Crippen LogP contribution in [0.4, 0.5) is 5.69 Å². The Labute approximate surface area is 110 Å². The third-order valence-corrected chi connectivity index (χ3v) is 3.75. The average Bonchev–Trinajstić information content (AvgIpc) is 2.73. The van der Waals surface area contributed by atoms with E-state index in [1.807, 2.05) is 19.1 Å². The second-order valence-electron chi connectivity index (χ2n) is 4.29. The van der Waals surface area contributed by atoms with E-state index in [-0.39, 0.29) is 0 Å². The van der Waals surface area contributed by atoms with Gasteiger partial charge in [-0.25, -0.2) is 4.79 Å². The Morgan fingerprint density at radius 2 is 2.11 bits per heavy atom. The minimum atomic E-state index is -0.900. The highest BCUT2D eigenvalue weighted by Gasteiger charge is 2.10. The number of aryl methyl sites for hydroxylation is 2. The molecule has 0 aliphatic heterocycles. The van der Waals surface area contributed by atoms with Gasteiger partial charge in [-0.3, -0.25) is 0 Å². The maximum absolute atomic E-state index is 11.2. The summed E-state index contributed by atoms with van der Waals surface area (Å²) in [5.74, 6) is -0.900. The Hall–Kier alpha value is -1.81. The predicted octanol–water partition coefficient (Wildman–Crippen LogP) is 3.68. The zero-order valence-corrected chi connectivity index (χ0v) is 11.2. The van der Waals surface area contributed by atoms with Crippen molar-refractivity contribution in [1.29, 1.82) is 0 Å². The summed E-state index contributed by atoms with van der Waals surface area (Å²) in [6, 6.07) is 5.42. The van der Waals surface area contributed by atoms with E-state index < -0.39 is 5.97 Å². The highest BCUT2D eigenvalue weighted by Crippen LogP contribution is 2.20. The fourth-order valence-corrected chi connectivity index (χ4v) is 2.60. The summed E-state index contributed by atoms with van der Waals surface area (Å²) in [5.41, 5.74) is 4.37. The molecule has 18 heavy (non-hydrogen) atoms. The van der Waals surface area contributed by atoms with Crippen LogP contribution in [0.2, 0.25) is 0 Å². The van der Waals surface area contributed by atoms with E-state index in [1.54, 1.807) is 17.4 Å². The van der Waals surface area contributed by atoms with Crippen LogP contribution in [0.5, 0.6) is 0 Å². The topological polar surface area (TPSA) is 49.3 Å². The number of carboxylic acids is 1. The molecule has 0 amide bonds. The fraction of sp³-hybridized carbons (Fsp3) is 0.214. The molecule has 0 radical (unpaired) electrons. The number of anilines is 1. The highest BCUT2D eigenvalue weighted by molar-refractivity contribution is 7.08. The van der Waals surface area contributed by atoms with Crippen LogP contribution >= 0.6 is 11.3 Å². The lowest BCUT2D eigenvalue weighted by Gasteiger charge is -2.10. The smallest absolute Gasteiger partial charge is 0.337 e. The van der Waals surface area contributed by atoms with Crippen LogP contribution < -0.4 is 5.32 Å². The molecule has 0 atom stereocenters. The van der Waals surface area contributed by atoms with Crippen molar-refractivity contribution >= 4 is 23.0 Å². The van der Waals surface area contributed by atoms with Crippen molar-refractivity contribution in [3.05, 3.63) is 51.2 Å². The zero-order valence-electron chi connectivity index (χ0n) is 10.4. The van der Waals surface area contributed by atoms with Crippen molar-refractivity contribution in [2.75, 3.05) is 5.32 Å². The van der Waals surface area contributed by atoms with Gasteiger partial charge >= 0.3 is 5.97 Å². The van der Waals surface area contributed by atoms with E-state index in [1.165, 1.54) is 11.1 Å². The molecule has 4 heteroatoms. The van der Waals surface area contributed by atoms with E-state index in [9.17, 15) is 4.79 Å². The molecule has 0 aliphatic carbocycles. The Morgan fingerprint density at radius 3 is 2.72 bits per heavy atom. The molecule has 1 aromatic carbocycles. The van der Waals surface area contributed by atoms with Gasteiger partial charge in [0.15, 0.2) is 0 Å². The highest BCUT2D eigenvalue weighted by atomic mass is 32.1. The summed E-state index contributed by atoms with van der Waals surface area (Å²) in [6.45, 7) is 4.60. The van der Waals surface area contributed by atoms with Gasteiger partial charge in [0.2, 0.25) is 0 Å². The van der Waals surface area contributed by atoms with Crippen LogP contribution in [0.15, 0.2) is 29.0 Å². The van der Waals surface area contributed by atoms with Gasteiger partial charge in [-0.15, -0.1) is 0 Å². The van der Waals surface area contributed by atoms with Crippen molar-refractivity contribution in [1.82, 2.24) is 0 Å². The Bertz CT molecular complexity index is 575. The first-order valence-electron chi connectivity index (χ1n) is 5.67. The van der Waals surface area contributed by atoms with E-state index in [0.29, 0.717) is 17.8 Å². The Kier molecular flexibility index (Phi) is 3.67. The molecule has 1 aromatic heterocycles. The van der Waals surface area contributed by atoms with Gasteiger partial charge in [0.05, 0.1) is 5.56 Å². The van der Waals surface area contributed by atoms with Gasteiger partial charge < -0.3 is 10.4 Å². The Morgan fingerprint density at radius 1 is 1.33 bits per heavy atom. The maximum atomic E-state index is 11.2. The quantitative estimate of drug-likeness (QED) is 0.882. The predicted molar refractivity (Wildman–Crippen MR) is 74.5 cm³/mol. The molecular formula is C14H15NO2S. The Balaban J connectivity index is 2.19. The first kappa shape index (κ1) is 12.6. The monoisotopic (exact) mass is 261 g/mol. The van der Waals surface area contributed by atoms with Gasteiger partial charge in [0.1, 0.15) is 0 Å². The number of carbonyl (C=O) groups is 1. The van der Waals surface area contributed by atoms with Gasteiger partial charge in [-0.1, -0.05) is 11.6 Å². The molecule has 0 unspecified atom stereocenters. The van der Waals surface area contributed by atoms with Crippen molar-refractivity contribution in [3.8, 4) is 0 Å². The van der Waals surface area contributed by atoms with Crippen LogP contribution in [0.1, 0.15) is 27.0 Å². The van der Waals surface area contributed by atoms with E-state index in [2.05, 4.69) is 23.0 Å². The van der Waals surface area contributed by atoms with E-state index in [0.717, 1.165) is 5.56 Å². The molecule has 0 saturated carbocycles. The molecule has 1 heterocycles. The molecule has 2 rings (SSSR count). The number of nitrogens with one attached hydrogen (secondary N) is 1. The number of rotatable bonds is 4. The standard InChI is InChI=1S/C14H15NO2S/c1-9-3-4-13(12(5-9)14(16)17)15-6-11-8-18-7-10(11)2/h3-5,7-8,15H,6H2,1-2H3,(H,16,17). The molecule has 3 nitrogen and oxygen atoms in total. The van der Waals surface area contributed by atoms with Gasteiger partial charge in [0, 0.05) is 12.2 Å². The van der Waals surface area contributed by atoms with Crippen molar-refractivity contribution in [2.24, 2.45) is 0 Å². The van der Waals surface area contributed by atoms with Crippen molar-refractivity contribution < 1.29 is 9.90 Å². The molecular weight excluding hydrogens is 246 g/mol. The summed E-state index contributed by atoms with van der Waals surface area (Å²) in [4.78, 5) is 11.2. The van der Waals surface area contributed by atoms with Crippen molar-refractivity contribution in [2.45, 2.75) is 20.4 Å². The second-order valence-corrected chi connectivity index (χ2v) is 5.03. The molecule has 0 saturated heterocycles. The van der Waals surface area contributed by atoms with E-state index in [4.69, 9.17) is 5.11 Å². The van der Waals surface area contributed by atoms with Gasteiger partial charge in [-0.2, -0.15) is 11.3 Å². The lowest BCUT2D eigenvalue weighted by Crippen LogP contribution is -2.06. The van der Waals surface area contributed by atoms with Crippen LogP contribution in [0, 0.1) is 13.8 Å². The number of hydrogen-bond donors (Lipinski definition) is 2. The lowest BCUT2D eigenvalue weighted by molar-refractivity contribution is 0.0698. The number of thiophene rings is 1. The largest absolute Gasteiger partial charge is 0.478 e. The van der Waals surface area contributed by atoms with Crippen LogP contribution in [0.25, 0.3) is 0 Å². The summed E-state index contributed by atoms with van der Waals surface area (Å²) >= 11 is 1.66. The van der Waals surface area contributed by atoms with Crippen LogP contribution in [-0.2, 0) is 6.54 Å². The second kappa shape index (κ2) is 5.23. The average molecular weight is 261 g/mol. The van der Waals surface area contributed by atoms with Gasteiger partial charge in [-0.05, 0) is 47.9 Å². The molecule has 0 spiro atoms. The van der Waals surface area contributed by atoms with Crippen molar-refractivity contribution in [3.63, 3.8) is 0 Å². The maximum Gasteiger partial charge on any atom is 0.337 e. The third kappa shape index (κ3) is 2.71. The summed E-state index contributed by atoms with van der Waals surface area (Å²) in [5, 5.41) is 16.5. The number of aromatic carboxylic acids is 1. The van der Waals surface area contributed by atoms with E-state index >= 15 is 0 Å². The van der Waals surface area contributed by atoms with Crippen LogP contribution in [-0.4, -0.2) is 11.1 Å². The molecule has 2 aromatic rings. The first-order valence-corrected chi connectivity index (χ1v) is 6.61. The number of carboxylic acid groups (broad SMARTS) is 1.